The van der Waals surface area contributed by atoms with E-state index in [0.29, 0.717) is 6.04 Å². The van der Waals surface area contributed by atoms with Crippen LogP contribution in [0.1, 0.15) is 44.2 Å². The maximum absolute atomic E-state index is 9.54. The summed E-state index contributed by atoms with van der Waals surface area (Å²) in [6.07, 6.45) is 5.15. The number of aliphatic hydroxyl groups excluding tert-OH is 1. The number of hydrogen-bond donors (Lipinski definition) is 2. The highest BCUT2D eigenvalue weighted by Gasteiger charge is 2.27. The van der Waals surface area contributed by atoms with Crippen molar-refractivity contribution in [2.24, 2.45) is 5.92 Å². The lowest BCUT2D eigenvalue weighted by Gasteiger charge is -2.25. The van der Waals surface area contributed by atoms with Crippen molar-refractivity contribution in [3.05, 3.63) is 35.9 Å². The highest BCUT2D eigenvalue weighted by molar-refractivity contribution is 5.19. The van der Waals surface area contributed by atoms with Crippen LogP contribution in [0, 0.1) is 5.92 Å². The van der Waals surface area contributed by atoms with Crippen LogP contribution in [0.4, 0.5) is 0 Å². The highest BCUT2D eigenvalue weighted by atomic mass is 16.3. The molecule has 0 spiro atoms. The van der Waals surface area contributed by atoms with E-state index in [9.17, 15) is 5.11 Å². The molecule has 0 aliphatic heterocycles. The fourth-order valence-electron chi connectivity index (χ4n) is 2.94. The zero-order chi connectivity index (χ0) is 12.1. The zero-order valence-electron chi connectivity index (χ0n) is 10.6. The van der Waals surface area contributed by atoms with Gasteiger partial charge in [0.25, 0.3) is 0 Å². The standard InChI is InChI=1S/C15H23NO/c1-2-12-9-6-10-14(12)16-15(11-17)13-7-4-3-5-8-13/h3-5,7-8,12,14-17H,2,6,9-11H2,1H3. The largest absolute Gasteiger partial charge is 0.394 e. The van der Waals surface area contributed by atoms with Gasteiger partial charge in [0.1, 0.15) is 0 Å². The minimum absolute atomic E-state index is 0.0911. The monoisotopic (exact) mass is 233 g/mol. The van der Waals surface area contributed by atoms with E-state index in [2.05, 4.69) is 24.4 Å². The predicted molar refractivity (Wildman–Crippen MR) is 70.8 cm³/mol. The minimum Gasteiger partial charge on any atom is -0.394 e. The van der Waals surface area contributed by atoms with Crippen LogP contribution in [0.25, 0.3) is 0 Å². The lowest BCUT2D eigenvalue weighted by atomic mass is 9.98. The van der Waals surface area contributed by atoms with Gasteiger partial charge in [0.05, 0.1) is 12.6 Å². The summed E-state index contributed by atoms with van der Waals surface area (Å²) in [5.74, 6) is 0.785. The van der Waals surface area contributed by atoms with E-state index in [-0.39, 0.29) is 12.6 Å². The first-order valence-corrected chi connectivity index (χ1v) is 6.77. The normalized spacial score (nSPS) is 26.0. The first-order valence-electron chi connectivity index (χ1n) is 6.77. The van der Waals surface area contributed by atoms with E-state index in [1.54, 1.807) is 0 Å². The van der Waals surface area contributed by atoms with Gasteiger partial charge in [-0.15, -0.1) is 0 Å². The SMILES string of the molecule is CCC1CCCC1NC(CO)c1ccccc1. The first-order chi connectivity index (χ1) is 8.35. The van der Waals surface area contributed by atoms with Crippen LogP contribution in [-0.2, 0) is 0 Å². The fourth-order valence-corrected chi connectivity index (χ4v) is 2.94. The summed E-state index contributed by atoms with van der Waals surface area (Å²) < 4.78 is 0. The maximum Gasteiger partial charge on any atom is 0.0626 e. The molecule has 1 aliphatic rings. The molecule has 2 N–H and O–H groups in total. The highest BCUT2D eigenvalue weighted by Crippen LogP contribution is 2.30. The fraction of sp³-hybridized carbons (Fsp3) is 0.600. The molecular formula is C15H23NO. The van der Waals surface area contributed by atoms with Crippen LogP contribution in [0.2, 0.25) is 0 Å². The van der Waals surface area contributed by atoms with E-state index in [1.165, 1.54) is 31.2 Å². The molecule has 1 aliphatic carbocycles. The Kier molecular flexibility index (Phi) is 4.57. The average molecular weight is 233 g/mol. The van der Waals surface area contributed by atoms with Crippen molar-refractivity contribution in [1.29, 1.82) is 0 Å². The molecule has 94 valence electrons. The van der Waals surface area contributed by atoms with Gasteiger partial charge >= 0.3 is 0 Å². The molecule has 3 unspecified atom stereocenters. The second-order valence-corrected chi connectivity index (χ2v) is 5.02. The lowest BCUT2D eigenvalue weighted by Crippen LogP contribution is -2.37. The van der Waals surface area contributed by atoms with Crippen molar-refractivity contribution in [2.75, 3.05) is 6.61 Å². The molecule has 0 amide bonds. The van der Waals surface area contributed by atoms with Gasteiger partial charge in [-0.1, -0.05) is 50.1 Å². The van der Waals surface area contributed by atoms with E-state index >= 15 is 0 Å². The van der Waals surface area contributed by atoms with Crippen molar-refractivity contribution in [1.82, 2.24) is 5.32 Å². The molecule has 2 nitrogen and oxygen atoms in total. The summed E-state index contributed by atoms with van der Waals surface area (Å²) in [7, 11) is 0. The van der Waals surface area contributed by atoms with Crippen molar-refractivity contribution in [2.45, 2.75) is 44.7 Å². The molecule has 2 heteroatoms. The molecule has 1 fully saturated rings. The van der Waals surface area contributed by atoms with E-state index in [1.807, 2.05) is 18.2 Å². The predicted octanol–water partition coefficient (Wildman–Crippen LogP) is 2.89. The molecule has 0 radical (unpaired) electrons. The molecule has 0 bridgehead atoms. The van der Waals surface area contributed by atoms with E-state index in [4.69, 9.17) is 0 Å². The van der Waals surface area contributed by atoms with Crippen molar-refractivity contribution in [3.63, 3.8) is 0 Å². The summed E-state index contributed by atoms with van der Waals surface area (Å²) in [5.41, 5.74) is 1.19. The molecule has 1 aromatic carbocycles. The summed E-state index contributed by atoms with van der Waals surface area (Å²) in [6, 6.07) is 10.9. The summed E-state index contributed by atoms with van der Waals surface area (Å²) in [4.78, 5) is 0. The lowest BCUT2D eigenvalue weighted by molar-refractivity contribution is 0.221. The molecule has 0 aromatic heterocycles. The Balaban J connectivity index is 2.00. The van der Waals surface area contributed by atoms with Crippen molar-refractivity contribution >= 4 is 0 Å². The van der Waals surface area contributed by atoms with E-state index in [0.717, 1.165) is 5.92 Å². The van der Waals surface area contributed by atoms with Crippen molar-refractivity contribution in [3.8, 4) is 0 Å². The summed E-state index contributed by atoms with van der Waals surface area (Å²) >= 11 is 0. The molecule has 17 heavy (non-hydrogen) atoms. The van der Waals surface area contributed by atoms with Gasteiger partial charge in [0.15, 0.2) is 0 Å². The molecule has 0 heterocycles. The minimum atomic E-state index is 0.0911. The Morgan fingerprint density at radius 3 is 2.71 bits per heavy atom. The third-order valence-corrected chi connectivity index (χ3v) is 3.98. The Labute approximate surface area is 104 Å². The number of benzene rings is 1. The molecule has 1 aromatic rings. The van der Waals surface area contributed by atoms with Crippen LogP contribution in [0.15, 0.2) is 30.3 Å². The van der Waals surface area contributed by atoms with Gasteiger partial charge in [-0.25, -0.2) is 0 Å². The number of aliphatic hydroxyl groups is 1. The quantitative estimate of drug-likeness (QED) is 0.819. The van der Waals surface area contributed by atoms with E-state index < -0.39 is 0 Å². The third-order valence-electron chi connectivity index (χ3n) is 3.98. The Morgan fingerprint density at radius 2 is 2.06 bits per heavy atom. The topological polar surface area (TPSA) is 32.3 Å². The van der Waals surface area contributed by atoms with Gasteiger partial charge in [-0.05, 0) is 24.3 Å². The maximum atomic E-state index is 9.54. The van der Waals surface area contributed by atoms with Crippen LogP contribution in [0.3, 0.4) is 0 Å². The zero-order valence-corrected chi connectivity index (χ0v) is 10.6. The van der Waals surface area contributed by atoms with Crippen LogP contribution >= 0.6 is 0 Å². The first kappa shape index (κ1) is 12.6. The van der Waals surface area contributed by atoms with Gasteiger partial charge in [0, 0.05) is 6.04 Å². The average Bonchev–Trinajstić information content (AvgIpc) is 2.84. The molecular weight excluding hydrogens is 210 g/mol. The second kappa shape index (κ2) is 6.18. The van der Waals surface area contributed by atoms with Gasteiger partial charge in [-0.3, -0.25) is 0 Å². The molecule has 3 atom stereocenters. The Hall–Kier alpha value is -0.860. The van der Waals surface area contributed by atoms with Crippen molar-refractivity contribution < 1.29 is 5.11 Å². The summed E-state index contributed by atoms with van der Waals surface area (Å²) in [5, 5.41) is 13.2. The van der Waals surface area contributed by atoms with Gasteiger partial charge in [0.2, 0.25) is 0 Å². The smallest absolute Gasteiger partial charge is 0.0626 e. The molecule has 2 rings (SSSR count). The number of hydrogen-bond acceptors (Lipinski definition) is 2. The molecule has 1 saturated carbocycles. The third kappa shape index (κ3) is 3.08. The number of rotatable bonds is 5. The molecule has 0 saturated heterocycles. The van der Waals surface area contributed by atoms with Crippen LogP contribution < -0.4 is 5.32 Å². The number of nitrogens with one attached hydrogen (secondary N) is 1. The van der Waals surface area contributed by atoms with Gasteiger partial charge < -0.3 is 10.4 Å². The van der Waals surface area contributed by atoms with Gasteiger partial charge in [-0.2, -0.15) is 0 Å². The van der Waals surface area contributed by atoms with Crippen LogP contribution in [0.5, 0.6) is 0 Å². The summed E-state index contributed by atoms with van der Waals surface area (Å²) in [6.45, 7) is 2.44. The Bertz CT molecular complexity index is 325. The van der Waals surface area contributed by atoms with Crippen LogP contribution in [-0.4, -0.2) is 17.8 Å². The second-order valence-electron chi connectivity index (χ2n) is 5.02. The Morgan fingerprint density at radius 1 is 1.29 bits per heavy atom.